The zero-order valence-corrected chi connectivity index (χ0v) is 13.0. The van der Waals surface area contributed by atoms with E-state index in [1.165, 1.54) is 7.11 Å². The molecule has 1 aromatic carbocycles. The third-order valence-corrected chi connectivity index (χ3v) is 3.42. The zero-order valence-electron chi connectivity index (χ0n) is 12.2. The Labute approximate surface area is 129 Å². The Kier molecular flexibility index (Phi) is 4.80. The number of carbonyl (C=O) groups is 1. The maximum atomic E-state index is 12.0. The van der Waals surface area contributed by atoms with Gasteiger partial charge in [0.1, 0.15) is 5.75 Å². The van der Waals surface area contributed by atoms with Crippen molar-refractivity contribution < 1.29 is 14.3 Å². The average molecular weight is 306 g/mol. The number of rotatable bonds is 4. The summed E-state index contributed by atoms with van der Waals surface area (Å²) in [6.45, 7) is 4.35. The largest absolute Gasteiger partial charge is 0.494 e. The monoisotopic (exact) mass is 306 g/mol. The van der Waals surface area contributed by atoms with E-state index in [4.69, 9.17) is 21.7 Å². The molecule has 1 aromatic rings. The Morgan fingerprint density at radius 1 is 1.33 bits per heavy atom. The predicted molar refractivity (Wildman–Crippen MR) is 83.9 cm³/mol. The number of hydrogen-bond acceptors (Lipinski definition) is 4. The smallest absolute Gasteiger partial charge is 0.337 e. The van der Waals surface area contributed by atoms with Crippen molar-refractivity contribution in [3.05, 3.63) is 41.1 Å². The molecule has 0 saturated heterocycles. The van der Waals surface area contributed by atoms with E-state index in [0.29, 0.717) is 23.0 Å². The van der Waals surface area contributed by atoms with E-state index >= 15 is 0 Å². The number of ether oxygens (including phenoxy) is 2. The molecule has 0 spiro atoms. The van der Waals surface area contributed by atoms with Gasteiger partial charge in [-0.2, -0.15) is 0 Å². The van der Waals surface area contributed by atoms with Crippen LogP contribution >= 0.6 is 12.2 Å². The molecule has 5 nitrogen and oxygen atoms in total. The van der Waals surface area contributed by atoms with Crippen LogP contribution in [0.5, 0.6) is 5.75 Å². The molecule has 0 aliphatic carbocycles. The van der Waals surface area contributed by atoms with Crippen LogP contribution in [0.2, 0.25) is 0 Å². The fraction of sp³-hybridized carbons (Fsp3) is 0.333. The lowest BCUT2D eigenvalue weighted by atomic mass is 9.95. The number of methoxy groups -OCH3 is 1. The lowest BCUT2D eigenvalue weighted by Crippen LogP contribution is -2.45. The summed E-state index contributed by atoms with van der Waals surface area (Å²) >= 11 is 5.17. The Morgan fingerprint density at radius 3 is 2.57 bits per heavy atom. The maximum Gasteiger partial charge on any atom is 0.337 e. The van der Waals surface area contributed by atoms with Gasteiger partial charge in [-0.25, -0.2) is 4.79 Å². The molecule has 2 rings (SSSR count). The lowest BCUT2D eigenvalue weighted by molar-refractivity contribution is -0.136. The van der Waals surface area contributed by atoms with Gasteiger partial charge in [0.2, 0.25) is 0 Å². The molecule has 0 radical (unpaired) electrons. The molecule has 1 aliphatic rings. The van der Waals surface area contributed by atoms with E-state index in [1.54, 1.807) is 6.92 Å². The van der Waals surface area contributed by atoms with Crippen molar-refractivity contribution in [1.29, 1.82) is 0 Å². The number of esters is 1. The fourth-order valence-corrected chi connectivity index (χ4v) is 2.52. The number of thiocarbonyl (C=S) groups is 1. The predicted octanol–water partition coefficient (Wildman–Crippen LogP) is 2.05. The average Bonchev–Trinajstić information content (AvgIpc) is 2.47. The van der Waals surface area contributed by atoms with Gasteiger partial charge in [0, 0.05) is 5.70 Å². The van der Waals surface area contributed by atoms with Gasteiger partial charge in [0.15, 0.2) is 5.11 Å². The molecule has 0 fully saturated rings. The summed E-state index contributed by atoms with van der Waals surface area (Å²) in [7, 11) is 1.37. The molecule has 0 saturated carbocycles. The minimum atomic E-state index is -0.381. The van der Waals surface area contributed by atoms with E-state index in [0.717, 1.165) is 11.3 Å². The van der Waals surface area contributed by atoms with E-state index in [9.17, 15) is 4.79 Å². The molecule has 21 heavy (non-hydrogen) atoms. The quantitative estimate of drug-likeness (QED) is 0.656. The molecule has 112 valence electrons. The first kappa shape index (κ1) is 15.3. The van der Waals surface area contributed by atoms with Gasteiger partial charge < -0.3 is 20.1 Å². The van der Waals surface area contributed by atoms with Crippen molar-refractivity contribution in [3.8, 4) is 5.75 Å². The van der Waals surface area contributed by atoms with Crippen molar-refractivity contribution in [1.82, 2.24) is 10.6 Å². The van der Waals surface area contributed by atoms with Crippen LogP contribution in [0, 0.1) is 0 Å². The van der Waals surface area contributed by atoms with Crippen LogP contribution in [0.4, 0.5) is 0 Å². The van der Waals surface area contributed by atoms with Crippen molar-refractivity contribution in [3.63, 3.8) is 0 Å². The van der Waals surface area contributed by atoms with E-state index < -0.39 is 0 Å². The van der Waals surface area contributed by atoms with Crippen molar-refractivity contribution in [2.45, 2.75) is 19.9 Å². The first-order valence-corrected chi connectivity index (χ1v) is 7.07. The highest BCUT2D eigenvalue weighted by Crippen LogP contribution is 2.28. The Balaban J connectivity index is 2.36. The number of allylic oxidation sites excluding steroid dienone is 1. The van der Waals surface area contributed by atoms with Gasteiger partial charge in [-0.1, -0.05) is 12.1 Å². The number of hydrogen-bond donors (Lipinski definition) is 2. The van der Waals surface area contributed by atoms with Crippen LogP contribution in [0.15, 0.2) is 35.5 Å². The van der Waals surface area contributed by atoms with Crippen LogP contribution in [0.25, 0.3) is 0 Å². The second-order valence-electron chi connectivity index (χ2n) is 4.56. The van der Waals surface area contributed by atoms with Crippen LogP contribution in [-0.4, -0.2) is 24.8 Å². The Bertz CT molecular complexity index is 581. The van der Waals surface area contributed by atoms with E-state index in [1.807, 2.05) is 31.2 Å². The standard InChI is InChI=1S/C15H18N2O3S/c1-4-20-11-7-5-10(6-8-11)13-12(14(18)19-3)9(2)16-15(21)17-13/h5-8,13H,4H2,1-3H3,(H2,16,17,21)/t13-/m0/s1. The first-order valence-electron chi connectivity index (χ1n) is 6.66. The summed E-state index contributed by atoms with van der Waals surface area (Å²) in [5.41, 5.74) is 2.14. The summed E-state index contributed by atoms with van der Waals surface area (Å²) in [6, 6.07) is 7.23. The van der Waals surface area contributed by atoms with Crippen molar-refractivity contribution >= 4 is 23.3 Å². The highest BCUT2D eigenvalue weighted by molar-refractivity contribution is 7.80. The van der Waals surface area contributed by atoms with Gasteiger partial charge in [0.05, 0.1) is 25.3 Å². The third-order valence-electron chi connectivity index (χ3n) is 3.20. The molecule has 0 unspecified atom stereocenters. The lowest BCUT2D eigenvalue weighted by Gasteiger charge is -2.29. The minimum Gasteiger partial charge on any atom is -0.494 e. The second-order valence-corrected chi connectivity index (χ2v) is 4.97. The normalized spacial score (nSPS) is 17.9. The van der Waals surface area contributed by atoms with Crippen molar-refractivity contribution in [2.24, 2.45) is 0 Å². The molecule has 1 heterocycles. The zero-order chi connectivity index (χ0) is 15.4. The summed E-state index contributed by atoms with van der Waals surface area (Å²) < 4.78 is 10.3. The highest BCUT2D eigenvalue weighted by Gasteiger charge is 2.30. The minimum absolute atomic E-state index is 0.332. The highest BCUT2D eigenvalue weighted by atomic mass is 32.1. The summed E-state index contributed by atoms with van der Waals surface area (Å²) in [6.07, 6.45) is 0. The summed E-state index contributed by atoms with van der Waals surface area (Å²) in [5.74, 6) is 0.409. The molecule has 1 aliphatic heterocycles. The van der Waals surface area contributed by atoms with Crippen molar-refractivity contribution in [2.75, 3.05) is 13.7 Å². The van der Waals surface area contributed by atoms with Gasteiger partial charge in [0.25, 0.3) is 0 Å². The van der Waals surface area contributed by atoms with Gasteiger partial charge in [-0.15, -0.1) is 0 Å². The van der Waals surface area contributed by atoms with Gasteiger partial charge in [-0.05, 0) is 43.8 Å². The Morgan fingerprint density at radius 2 is 2.00 bits per heavy atom. The van der Waals surface area contributed by atoms with Gasteiger partial charge >= 0.3 is 5.97 Å². The van der Waals surface area contributed by atoms with Gasteiger partial charge in [-0.3, -0.25) is 0 Å². The maximum absolute atomic E-state index is 12.0. The number of nitrogens with one attached hydrogen (secondary N) is 2. The molecule has 1 atom stereocenters. The van der Waals surface area contributed by atoms with E-state index in [-0.39, 0.29) is 12.0 Å². The number of benzene rings is 1. The molecule has 0 bridgehead atoms. The van der Waals surface area contributed by atoms with E-state index in [2.05, 4.69) is 10.6 Å². The molecule has 2 N–H and O–H groups in total. The molecular formula is C15H18N2O3S. The summed E-state index contributed by atoms with van der Waals surface area (Å²) in [4.78, 5) is 12.0. The van der Waals surface area contributed by atoms with Crippen LogP contribution < -0.4 is 15.4 Å². The number of carbonyl (C=O) groups excluding carboxylic acids is 1. The SMILES string of the molecule is CCOc1ccc([C@@H]2NC(=S)NC(C)=C2C(=O)OC)cc1. The fourth-order valence-electron chi connectivity index (χ4n) is 2.25. The molecule has 0 amide bonds. The Hall–Kier alpha value is -2.08. The van der Waals surface area contributed by atoms with Crippen LogP contribution in [0.3, 0.4) is 0 Å². The molecule has 6 heteroatoms. The second kappa shape index (κ2) is 6.58. The third kappa shape index (κ3) is 3.33. The first-order chi connectivity index (χ1) is 10.1. The van der Waals surface area contributed by atoms with Crippen LogP contribution in [0.1, 0.15) is 25.5 Å². The van der Waals surface area contributed by atoms with Crippen LogP contribution in [-0.2, 0) is 9.53 Å². The molecular weight excluding hydrogens is 288 g/mol. The summed E-state index contributed by atoms with van der Waals surface area (Å²) in [5, 5.41) is 6.54. The topological polar surface area (TPSA) is 59.6 Å². The molecule has 0 aromatic heterocycles.